The Morgan fingerprint density at radius 2 is 1.37 bits per heavy atom. The van der Waals surface area contributed by atoms with E-state index in [0.717, 1.165) is 22.4 Å². The average Bonchev–Trinajstić information content (AvgIpc) is 2.33. The summed E-state index contributed by atoms with van der Waals surface area (Å²) < 4.78 is 0. The number of hydrogen-bond acceptors (Lipinski definition) is 3. The second-order valence-corrected chi connectivity index (χ2v) is 4.94. The summed E-state index contributed by atoms with van der Waals surface area (Å²) in [7, 11) is 0. The van der Waals surface area contributed by atoms with Crippen LogP contribution in [0.25, 0.3) is 0 Å². The maximum Gasteiger partial charge on any atom is 0.146 e. The largest absolute Gasteiger partial charge is 0.505 e. The van der Waals surface area contributed by atoms with E-state index < -0.39 is 0 Å². The van der Waals surface area contributed by atoms with Gasteiger partial charge >= 0.3 is 0 Å². The van der Waals surface area contributed by atoms with Gasteiger partial charge in [0.05, 0.1) is 5.69 Å². The summed E-state index contributed by atoms with van der Waals surface area (Å²) in [4.78, 5) is 0. The lowest BCUT2D eigenvalue weighted by atomic mass is 10.1. The second kappa shape index (κ2) is 5.22. The highest BCUT2D eigenvalue weighted by Crippen LogP contribution is 2.33. The molecule has 0 bridgehead atoms. The Morgan fingerprint density at radius 3 is 2.05 bits per heavy atom. The number of hydrogen-bond donors (Lipinski definition) is 1. The van der Waals surface area contributed by atoms with Crippen molar-refractivity contribution in [1.82, 2.24) is 0 Å². The molecule has 0 heterocycles. The Balaban J connectivity index is 2.38. The summed E-state index contributed by atoms with van der Waals surface area (Å²) >= 11 is 0. The van der Waals surface area contributed by atoms with Gasteiger partial charge in [-0.3, -0.25) is 0 Å². The standard InChI is InChI=1S/C16H18N2O/c1-10-5-6-14(12(3)7-10)17-18-15-9-11(2)8-13(4)16(15)19/h5-9,19H,1-4H3. The molecule has 0 saturated carbocycles. The van der Waals surface area contributed by atoms with Gasteiger partial charge in [0.2, 0.25) is 0 Å². The second-order valence-electron chi connectivity index (χ2n) is 4.94. The SMILES string of the molecule is Cc1ccc(N=Nc2cc(C)cc(C)c2O)c(C)c1. The number of aromatic hydroxyl groups is 1. The van der Waals surface area contributed by atoms with Crippen LogP contribution in [0.2, 0.25) is 0 Å². The molecule has 19 heavy (non-hydrogen) atoms. The van der Waals surface area contributed by atoms with Crippen molar-refractivity contribution < 1.29 is 5.11 Å². The zero-order valence-electron chi connectivity index (χ0n) is 11.7. The van der Waals surface area contributed by atoms with Gasteiger partial charge in [-0.15, -0.1) is 5.11 Å². The predicted molar refractivity (Wildman–Crippen MR) is 77.7 cm³/mol. The lowest BCUT2D eigenvalue weighted by molar-refractivity contribution is 0.472. The molecule has 0 aliphatic carbocycles. The molecular formula is C16H18N2O. The Labute approximate surface area is 113 Å². The van der Waals surface area contributed by atoms with E-state index in [-0.39, 0.29) is 5.75 Å². The van der Waals surface area contributed by atoms with E-state index in [0.29, 0.717) is 5.69 Å². The summed E-state index contributed by atoms with van der Waals surface area (Å²) in [6.07, 6.45) is 0. The van der Waals surface area contributed by atoms with Gasteiger partial charge in [-0.05, 0) is 56.5 Å². The molecule has 0 aromatic heterocycles. The predicted octanol–water partition coefficient (Wildman–Crippen LogP) is 5.04. The molecule has 0 fully saturated rings. The zero-order chi connectivity index (χ0) is 14.0. The van der Waals surface area contributed by atoms with Crippen LogP contribution >= 0.6 is 0 Å². The van der Waals surface area contributed by atoms with Crippen molar-refractivity contribution >= 4 is 11.4 Å². The smallest absolute Gasteiger partial charge is 0.146 e. The first-order valence-electron chi connectivity index (χ1n) is 6.26. The van der Waals surface area contributed by atoms with Gasteiger partial charge in [0.15, 0.2) is 0 Å². The molecule has 0 aliphatic heterocycles. The van der Waals surface area contributed by atoms with E-state index in [1.807, 2.05) is 52.0 Å². The molecule has 0 unspecified atom stereocenters. The number of benzene rings is 2. The first-order chi connectivity index (χ1) is 8.97. The molecule has 0 saturated heterocycles. The topological polar surface area (TPSA) is 45.0 Å². The molecule has 3 nitrogen and oxygen atoms in total. The first kappa shape index (κ1) is 13.3. The summed E-state index contributed by atoms with van der Waals surface area (Å²) in [6.45, 7) is 7.88. The molecule has 0 atom stereocenters. The Bertz CT molecular complexity index is 645. The number of rotatable bonds is 2. The summed E-state index contributed by atoms with van der Waals surface area (Å²) in [6, 6.07) is 9.76. The number of phenols is 1. The fourth-order valence-corrected chi connectivity index (χ4v) is 2.04. The van der Waals surface area contributed by atoms with Crippen molar-refractivity contribution in [2.24, 2.45) is 10.2 Å². The lowest BCUT2D eigenvalue weighted by Crippen LogP contribution is -1.79. The zero-order valence-corrected chi connectivity index (χ0v) is 11.7. The van der Waals surface area contributed by atoms with Crippen LogP contribution in [0.1, 0.15) is 22.3 Å². The maximum atomic E-state index is 9.96. The first-order valence-corrected chi connectivity index (χ1v) is 6.26. The number of aryl methyl sites for hydroxylation is 4. The van der Waals surface area contributed by atoms with Crippen molar-refractivity contribution in [3.8, 4) is 5.75 Å². The van der Waals surface area contributed by atoms with Gasteiger partial charge < -0.3 is 5.11 Å². The third-order valence-corrected chi connectivity index (χ3v) is 3.04. The molecule has 3 heteroatoms. The van der Waals surface area contributed by atoms with E-state index in [1.54, 1.807) is 0 Å². The van der Waals surface area contributed by atoms with Crippen LogP contribution in [0.3, 0.4) is 0 Å². The fourth-order valence-electron chi connectivity index (χ4n) is 2.04. The molecule has 1 N–H and O–H groups in total. The Morgan fingerprint density at radius 1 is 0.737 bits per heavy atom. The van der Waals surface area contributed by atoms with Crippen LogP contribution in [0.15, 0.2) is 40.6 Å². The molecule has 0 radical (unpaired) electrons. The van der Waals surface area contributed by atoms with Gasteiger partial charge in [0, 0.05) is 0 Å². The lowest BCUT2D eigenvalue weighted by Gasteiger charge is -2.04. The van der Waals surface area contributed by atoms with Crippen LogP contribution in [0.4, 0.5) is 11.4 Å². The quantitative estimate of drug-likeness (QED) is 0.749. The van der Waals surface area contributed by atoms with Crippen molar-refractivity contribution in [3.05, 3.63) is 52.6 Å². The van der Waals surface area contributed by atoms with E-state index in [2.05, 4.69) is 16.3 Å². The fraction of sp³-hybridized carbons (Fsp3) is 0.250. The molecule has 2 aromatic carbocycles. The van der Waals surface area contributed by atoms with E-state index >= 15 is 0 Å². The van der Waals surface area contributed by atoms with E-state index in [1.165, 1.54) is 5.56 Å². The van der Waals surface area contributed by atoms with Gasteiger partial charge in [0.1, 0.15) is 11.4 Å². The van der Waals surface area contributed by atoms with Crippen molar-refractivity contribution in [1.29, 1.82) is 0 Å². The summed E-state index contributed by atoms with van der Waals surface area (Å²) in [5, 5.41) is 18.3. The Hall–Kier alpha value is -2.16. The summed E-state index contributed by atoms with van der Waals surface area (Å²) in [5.74, 6) is 0.194. The molecule has 98 valence electrons. The molecular weight excluding hydrogens is 236 g/mol. The minimum atomic E-state index is 0.194. The molecule has 0 amide bonds. The van der Waals surface area contributed by atoms with Gasteiger partial charge in [-0.2, -0.15) is 5.11 Å². The highest BCUT2D eigenvalue weighted by molar-refractivity contribution is 5.57. The van der Waals surface area contributed by atoms with Crippen molar-refractivity contribution in [2.45, 2.75) is 27.7 Å². The van der Waals surface area contributed by atoms with Crippen molar-refractivity contribution in [3.63, 3.8) is 0 Å². The van der Waals surface area contributed by atoms with Crippen LogP contribution in [0.5, 0.6) is 5.75 Å². The van der Waals surface area contributed by atoms with Gasteiger partial charge in [-0.1, -0.05) is 23.8 Å². The number of azo groups is 1. The van der Waals surface area contributed by atoms with E-state index in [9.17, 15) is 5.11 Å². The highest BCUT2D eigenvalue weighted by atomic mass is 16.3. The van der Waals surface area contributed by atoms with E-state index in [4.69, 9.17) is 0 Å². The van der Waals surface area contributed by atoms with Gasteiger partial charge in [-0.25, -0.2) is 0 Å². The minimum absolute atomic E-state index is 0.194. The van der Waals surface area contributed by atoms with Crippen molar-refractivity contribution in [2.75, 3.05) is 0 Å². The number of nitrogens with zero attached hydrogens (tertiary/aromatic N) is 2. The van der Waals surface area contributed by atoms with Crippen LogP contribution in [-0.2, 0) is 0 Å². The van der Waals surface area contributed by atoms with Crippen LogP contribution in [0, 0.1) is 27.7 Å². The maximum absolute atomic E-state index is 9.96. The Kier molecular flexibility index (Phi) is 3.65. The normalized spacial score (nSPS) is 11.2. The van der Waals surface area contributed by atoms with Crippen LogP contribution < -0.4 is 0 Å². The minimum Gasteiger partial charge on any atom is -0.505 e. The third kappa shape index (κ3) is 2.99. The average molecular weight is 254 g/mol. The molecule has 2 rings (SSSR count). The number of phenolic OH excluding ortho intramolecular Hbond substituents is 1. The van der Waals surface area contributed by atoms with Crippen LogP contribution in [-0.4, -0.2) is 5.11 Å². The molecule has 0 aliphatic rings. The molecule has 0 spiro atoms. The summed E-state index contributed by atoms with van der Waals surface area (Å²) in [5.41, 5.74) is 5.49. The third-order valence-electron chi connectivity index (χ3n) is 3.04. The molecule has 2 aromatic rings. The monoisotopic (exact) mass is 254 g/mol. The highest BCUT2D eigenvalue weighted by Gasteiger charge is 2.05. The van der Waals surface area contributed by atoms with Gasteiger partial charge in [0.25, 0.3) is 0 Å².